The molecule has 39 heavy (non-hydrogen) atoms. The van der Waals surface area contributed by atoms with Crippen molar-refractivity contribution in [3.05, 3.63) is 83.2 Å². The van der Waals surface area contributed by atoms with Crippen LogP contribution in [0, 0.1) is 11.7 Å². The normalized spacial score (nSPS) is 20.2. The van der Waals surface area contributed by atoms with Gasteiger partial charge in [0.25, 0.3) is 11.8 Å². The highest BCUT2D eigenvalue weighted by Gasteiger charge is 2.61. The van der Waals surface area contributed by atoms with Crippen LogP contribution in [0.25, 0.3) is 33.4 Å². The van der Waals surface area contributed by atoms with Gasteiger partial charge in [-0.25, -0.2) is 10.2 Å². The van der Waals surface area contributed by atoms with Crippen molar-refractivity contribution in [1.29, 1.82) is 0 Å². The van der Waals surface area contributed by atoms with Gasteiger partial charge in [0.05, 0.1) is 11.1 Å². The molecule has 0 saturated heterocycles. The van der Waals surface area contributed by atoms with Gasteiger partial charge in [-0.1, -0.05) is 26.0 Å². The Hall–Kier alpha value is -3.97. The SMILES string of the molecule is CCC(C)c1cc2oc(-c3ccc(F)cc3)c(C(=O)NC)c2cc1-c1cccc(C(=O)N(N)C23CC(C2)C3)c1. The van der Waals surface area contributed by atoms with E-state index in [1.165, 1.54) is 17.1 Å². The van der Waals surface area contributed by atoms with E-state index in [4.69, 9.17) is 10.3 Å². The number of nitrogens with zero attached hydrogens (tertiary/aromatic N) is 1. The Morgan fingerprint density at radius 1 is 1.10 bits per heavy atom. The zero-order chi connectivity index (χ0) is 27.5. The third-order valence-electron chi connectivity index (χ3n) is 8.72. The lowest BCUT2D eigenvalue weighted by Gasteiger charge is -2.64. The Bertz CT molecular complexity index is 1590. The van der Waals surface area contributed by atoms with E-state index in [0.29, 0.717) is 39.3 Å². The topological polar surface area (TPSA) is 88.6 Å². The summed E-state index contributed by atoms with van der Waals surface area (Å²) < 4.78 is 19.9. The van der Waals surface area contributed by atoms with Crippen LogP contribution in [0.3, 0.4) is 0 Å². The van der Waals surface area contributed by atoms with Gasteiger partial charge >= 0.3 is 0 Å². The predicted octanol–water partition coefficient (Wildman–Crippen LogP) is 6.65. The molecule has 2 bridgehead atoms. The number of fused-ring (bicyclic) bond motifs is 1. The summed E-state index contributed by atoms with van der Waals surface area (Å²) in [7, 11) is 1.57. The van der Waals surface area contributed by atoms with Crippen LogP contribution in [0.5, 0.6) is 0 Å². The van der Waals surface area contributed by atoms with E-state index < -0.39 is 0 Å². The summed E-state index contributed by atoms with van der Waals surface area (Å²) in [6, 6.07) is 17.4. The number of halogens is 1. The molecule has 3 aliphatic carbocycles. The van der Waals surface area contributed by atoms with Gasteiger partial charge in [-0.3, -0.25) is 14.6 Å². The fraction of sp³-hybridized carbons (Fsp3) is 0.312. The second-order valence-electron chi connectivity index (χ2n) is 11.1. The number of nitrogens with one attached hydrogen (secondary N) is 1. The van der Waals surface area contributed by atoms with E-state index in [1.807, 2.05) is 30.3 Å². The minimum absolute atomic E-state index is 0.172. The standard InChI is InChI=1S/C32H32FN3O3/c1-4-18(2)24-14-27-26(28(30(37)35-3)29(39-27)20-8-10-23(33)11-9-20)13-25(24)21-6-5-7-22(12-21)31(38)36(34)32-15-19(16-32)17-32/h5-14,18-19H,4,15-17,34H2,1-3H3,(H,35,37). The minimum atomic E-state index is -0.364. The number of hydrogen-bond acceptors (Lipinski definition) is 4. The molecule has 4 aromatic rings. The molecule has 3 aliphatic rings. The molecule has 1 aromatic heterocycles. The maximum atomic E-state index is 13.6. The third kappa shape index (κ3) is 4.03. The van der Waals surface area contributed by atoms with Crippen molar-refractivity contribution in [3.63, 3.8) is 0 Å². The van der Waals surface area contributed by atoms with Crippen LogP contribution in [0.1, 0.15) is 71.7 Å². The number of hydrazine groups is 1. The smallest absolute Gasteiger partial charge is 0.268 e. The molecule has 200 valence electrons. The van der Waals surface area contributed by atoms with Crippen LogP contribution in [0.4, 0.5) is 4.39 Å². The fourth-order valence-corrected chi connectivity index (χ4v) is 6.09. The molecule has 0 radical (unpaired) electrons. The van der Waals surface area contributed by atoms with E-state index in [0.717, 1.165) is 42.4 Å². The number of rotatable bonds is 7. The molecule has 1 heterocycles. The van der Waals surface area contributed by atoms with Gasteiger partial charge in [-0.15, -0.1) is 0 Å². The lowest BCUT2D eigenvalue weighted by Crippen LogP contribution is -2.71. The highest BCUT2D eigenvalue weighted by Crippen LogP contribution is 2.59. The molecule has 2 amide bonds. The number of nitrogens with two attached hydrogens (primary N) is 1. The number of hydrogen-bond donors (Lipinski definition) is 2. The first kappa shape index (κ1) is 25.3. The zero-order valence-corrected chi connectivity index (χ0v) is 22.4. The van der Waals surface area contributed by atoms with Gasteiger partial charge in [0.1, 0.15) is 17.2 Å². The predicted molar refractivity (Wildman–Crippen MR) is 150 cm³/mol. The first-order chi connectivity index (χ1) is 18.7. The van der Waals surface area contributed by atoms with Gasteiger partial charge < -0.3 is 9.73 Å². The van der Waals surface area contributed by atoms with Crippen molar-refractivity contribution in [2.24, 2.45) is 11.8 Å². The maximum absolute atomic E-state index is 13.6. The van der Waals surface area contributed by atoms with Crippen LogP contribution in [-0.2, 0) is 0 Å². The van der Waals surface area contributed by atoms with Crippen molar-refractivity contribution in [2.75, 3.05) is 7.05 Å². The second-order valence-corrected chi connectivity index (χ2v) is 11.1. The molecule has 1 atom stereocenters. The molecule has 3 aromatic carbocycles. The quantitative estimate of drug-likeness (QED) is 0.161. The van der Waals surface area contributed by atoms with Crippen LogP contribution in [-0.4, -0.2) is 29.4 Å². The summed E-state index contributed by atoms with van der Waals surface area (Å²) in [6.45, 7) is 4.27. The average Bonchev–Trinajstić information content (AvgIpc) is 3.28. The van der Waals surface area contributed by atoms with Crippen molar-refractivity contribution >= 4 is 22.8 Å². The molecule has 0 spiro atoms. The van der Waals surface area contributed by atoms with E-state index in [2.05, 4.69) is 19.2 Å². The Morgan fingerprint density at radius 3 is 2.44 bits per heavy atom. The van der Waals surface area contributed by atoms with Crippen molar-refractivity contribution in [3.8, 4) is 22.5 Å². The first-order valence-electron chi connectivity index (χ1n) is 13.5. The number of carbonyl (C=O) groups excluding carboxylic acids is 2. The lowest BCUT2D eigenvalue weighted by atomic mass is 9.49. The number of carbonyl (C=O) groups is 2. The highest BCUT2D eigenvalue weighted by atomic mass is 19.1. The third-order valence-corrected chi connectivity index (χ3v) is 8.72. The molecule has 7 heteroatoms. The van der Waals surface area contributed by atoms with Crippen LogP contribution in [0.2, 0.25) is 0 Å². The van der Waals surface area contributed by atoms with Crippen LogP contribution < -0.4 is 11.2 Å². The number of amides is 2. The second kappa shape index (κ2) is 9.35. The van der Waals surface area contributed by atoms with Gasteiger partial charge in [-0.2, -0.15) is 0 Å². The summed E-state index contributed by atoms with van der Waals surface area (Å²) in [5.74, 6) is 6.79. The molecule has 0 aliphatic heterocycles. The first-order valence-corrected chi connectivity index (χ1v) is 13.5. The van der Waals surface area contributed by atoms with Crippen molar-refractivity contribution < 1.29 is 18.4 Å². The van der Waals surface area contributed by atoms with Crippen molar-refractivity contribution in [2.45, 2.75) is 51.0 Å². The van der Waals surface area contributed by atoms with Gasteiger partial charge in [0.2, 0.25) is 0 Å². The summed E-state index contributed by atoms with van der Waals surface area (Å²) in [6.07, 6.45) is 3.86. The molecule has 3 N–H and O–H groups in total. The van der Waals surface area contributed by atoms with Crippen LogP contribution >= 0.6 is 0 Å². The minimum Gasteiger partial charge on any atom is -0.455 e. The summed E-state index contributed by atoms with van der Waals surface area (Å²) in [4.78, 5) is 26.5. The summed E-state index contributed by atoms with van der Waals surface area (Å²) in [5.41, 5.74) is 4.81. The average molecular weight is 526 g/mol. The Balaban J connectivity index is 1.50. The molecular formula is C32H32FN3O3. The van der Waals surface area contributed by atoms with E-state index in [-0.39, 0.29) is 29.1 Å². The molecular weight excluding hydrogens is 493 g/mol. The molecule has 1 unspecified atom stereocenters. The highest BCUT2D eigenvalue weighted by molar-refractivity contribution is 6.12. The maximum Gasteiger partial charge on any atom is 0.268 e. The number of furan rings is 1. The zero-order valence-electron chi connectivity index (χ0n) is 22.4. The number of benzene rings is 3. The Morgan fingerprint density at radius 2 is 1.82 bits per heavy atom. The summed E-state index contributed by atoms with van der Waals surface area (Å²) in [5, 5.41) is 4.82. The molecule has 7 rings (SSSR count). The molecule has 6 nitrogen and oxygen atoms in total. The molecule has 3 saturated carbocycles. The Kier molecular flexibility index (Phi) is 6.07. The monoisotopic (exact) mass is 525 g/mol. The summed E-state index contributed by atoms with van der Waals surface area (Å²) >= 11 is 0. The van der Waals surface area contributed by atoms with Crippen LogP contribution in [0.15, 0.2) is 65.1 Å². The van der Waals surface area contributed by atoms with E-state index >= 15 is 0 Å². The Labute approximate surface area is 226 Å². The molecule has 3 fully saturated rings. The van der Waals surface area contributed by atoms with Gasteiger partial charge in [-0.05, 0) is 103 Å². The van der Waals surface area contributed by atoms with E-state index in [9.17, 15) is 14.0 Å². The van der Waals surface area contributed by atoms with Gasteiger partial charge in [0.15, 0.2) is 0 Å². The van der Waals surface area contributed by atoms with E-state index in [1.54, 1.807) is 25.2 Å². The fourth-order valence-electron chi connectivity index (χ4n) is 6.09. The lowest BCUT2D eigenvalue weighted by molar-refractivity contribution is -0.125. The largest absolute Gasteiger partial charge is 0.455 e. The van der Waals surface area contributed by atoms with Crippen molar-refractivity contribution in [1.82, 2.24) is 10.3 Å². The van der Waals surface area contributed by atoms with Gasteiger partial charge in [0, 0.05) is 23.6 Å².